The zero-order valence-corrected chi connectivity index (χ0v) is 17.5. The molecule has 0 aliphatic carbocycles. The molecule has 8 nitrogen and oxygen atoms in total. The minimum absolute atomic E-state index is 0.0190. The first kappa shape index (κ1) is 20.7. The average Bonchev–Trinajstić information content (AvgIpc) is 2.78. The molecular formula is C22H28N4O4. The molecule has 0 bridgehead atoms. The Balaban J connectivity index is 1.64. The maximum Gasteiger partial charge on any atom is 0.254 e. The Morgan fingerprint density at radius 2 is 1.83 bits per heavy atom. The van der Waals surface area contributed by atoms with E-state index in [1.807, 2.05) is 59.1 Å². The van der Waals surface area contributed by atoms with Gasteiger partial charge in [-0.1, -0.05) is 18.2 Å². The van der Waals surface area contributed by atoms with Gasteiger partial charge in [-0.2, -0.15) is 0 Å². The molecule has 2 amide bonds. The Kier molecular flexibility index (Phi) is 6.26. The van der Waals surface area contributed by atoms with E-state index in [0.717, 1.165) is 10.9 Å². The highest BCUT2D eigenvalue weighted by molar-refractivity contribution is 6.06. The van der Waals surface area contributed by atoms with Crippen LogP contribution in [0.3, 0.4) is 0 Å². The number of pyridine rings is 1. The number of rotatable bonds is 4. The number of likely N-dealkylation sites (N-methyl/N-ethyl adjacent to an activating group) is 1. The molecule has 1 aromatic heterocycles. The predicted molar refractivity (Wildman–Crippen MR) is 112 cm³/mol. The van der Waals surface area contributed by atoms with Crippen molar-refractivity contribution in [1.82, 2.24) is 19.7 Å². The van der Waals surface area contributed by atoms with E-state index in [2.05, 4.69) is 0 Å². The Morgan fingerprint density at radius 1 is 1.10 bits per heavy atom. The van der Waals surface area contributed by atoms with Gasteiger partial charge in [-0.05, 0) is 26.2 Å². The van der Waals surface area contributed by atoms with Crippen LogP contribution < -0.4 is 0 Å². The van der Waals surface area contributed by atoms with Gasteiger partial charge < -0.3 is 24.2 Å². The summed E-state index contributed by atoms with van der Waals surface area (Å²) in [6, 6.07) is 9.50. The number of nitrogens with zero attached hydrogens (tertiary/aromatic N) is 4. The van der Waals surface area contributed by atoms with Gasteiger partial charge in [0.1, 0.15) is 6.10 Å². The van der Waals surface area contributed by atoms with Crippen LogP contribution in [0.5, 0.6) is 0 Å². The topological polar surface area (TPSA) is 75.2 Å². The lowest BCUT2D eigenvalue weighted by Crippen LogP contribution is -2.45. The lowest BCUT2D eigenvalue weighted by Gasteiger charge is -2.33. The summed E-state index contributed by atoms with van der Waals surface area (Å²) in [5.41, 5.74) is 2.07. The number of benzene rings is 1. The first-order chi connectivity index (χ1) is 14.5. The van der Waals surface area contributed by atoms with Crippen molar-refractivity contribution in [2.75, 3.05) is 66.6 Å². The number of amides is 2. The second-order valence-electron chi connectivity index (χ2n) is 7.95. The number of para-hydroxylation sites is 1. The zero-order chi connectivity index (χ0) is 21.1. The Hall–Kier alpha value is -2.55. The first-order valence-corrected chi connectivity index (χ1v) is 10.3. The summed E-state index contributed by atoms with van der Waals surface area (Å²) in [6.07, 6.45) is -0.356. The smallest absolute Gasteiger partial charge is 0.254 e. The van der Waals surface area contributed by atoms with Crippen LogP contribution in [-0.2, 0) is 14.3 Å². The summed E-state index contributed by atoms with van der Waals surface area (Å²) in [5, 5.41) is 0.828. The van der Waals surface area contributed by atoms with E-state index in [-0.39, 0.29) is 17.9 Å². The summed E-state index contributed by atoms with van der Waals surface area (Å²) in [7, 11) is 3.76. The number of morpholine rings is 2. The number of carbonyl (C=O) groups is 2. The summed E-state index contributed by atoms with van der Waals surface area (Å²) >= 11 is 0. The molecule has 2 aliphatic heterocycles. The van der Waals surface area contributed by atoms with E-state index in [1.54, 1.807) is 0 Å². The summed E-state index contributed by atoms with van der Waals surface area (Å²) in [5.74, 6) is 0.0493. The largest absolute Gasteiger partial charge is 0.378 e. The number of hydrogen-bond acceptors (Lipinski definition) is 6. The molecule has 0 saturated carbocycles. The van der Waals surface area contributed by atoms with E-state index in [0.29, 0.717) is 63.8 Å². The molecule has 4 rings (SSSR count). The number of fused-ring (bicyclic) bond motifs is 1. The van der Waals surface area contributed by atoms with Gasteiger partial charge in [-0.25, -0.2) is 4.98 Å². The van der Waals surface area contributed by atoms with E-state index in [1.165, 1.54) is 0 Å². The molecule has 1 atom stereocenters. The van der Waals surface area contributed by atoms with Crippen molar-refractivity contribution in [3.8, 4) is 0 Å². The van der Waals surface area contributed by atoms with Gasteiger partial charge >= 0.3 is 0 Å². The van der Waals surface area contributed by atoms with Gasteiger partial charge in [0.25, 0.3) is 5.91 Å². The molecule has 0 N–H and O–H groups in total. The highest BCUT2D eigenvalue weighted by atomic mass is 16.5. The fraction of sp³-hybridized carbons (Fsp3) is 0.500. The fourth-order valence-electron chi connectivity index (χ4n) is 3.90. The normalized spacial score (nSPS) is 20.0. The highest BCUT2D eigenvalue weighted by Gasteiger charge is 2.29. The molecule has 30 heavy (non-hydrogen) atoms. The van der Waals surface area contributed by atoms with Crippen LogP contribution >= 0.6 is 0 Å². The van der Waals surface area contributed by atoms with Gasteiger partial charge in [0.15, 0.2) is 0 Å². The van der Waals surface area contributed by atoms with E-state index in [4.69, 9.17) is 14.5 Å². The Morgan fingerprint density at radius 3 is 2.60 bits per heavy atom. The van der Waals surface area contributed by atoms with Gasteiger partial charge in [0.2, 0.25) is 5.91 Å². The lowest BCUT2D eigenvalue weighted by molar-refractivity contribution is -0.139. The molecule has 0 radical (unpaired) electrons. The second kappa shape index (κ2) is 9.07. The molecule has 3 heterocycles. The molecule has 1 aromatic carbocycles. The molecule has 2 fully saturated rings. The molecule has 160 valence electrons. The van der Waals surface area contributed by atoms with Crippen LogP contribution in [0.25, 0.3) is 10.9 Å². The average molecular weight is 412 g/mol. The third-order valence-electron chi connectivity index (χ3n) is 5.47. The molecule has 2 saturated heterocycles. The quantitative estimate of drug-likeness (QED) is 0.751. The molecule has 1 unspecified atom stereocenters. The Bertz CT molecular complexity index is 926. The van der Waals surface area contributed by atoms with Crippen molar-refractivity contribution >= 4 is 22.7 Å². The number of ether oxygens (including phenoxy) is 2. The van der Waals surface area contributed by atoms with Crippen LogP contribution in [0, 0.1) is 0 Å². The zero-order valence-electron chi connectivity index (χ0n) is 17.5. The van der Waals surface area contributed by atoms with Gasteiger partial charge in [0, 0.05) is 25.0 Å². The highest BCUT2D eigenvalue weighted by Crippen LogP contribution is 2.27. The summed E-state index contributed by atoms with van der Waals surface area (Å²) < 4.78 is 11.4. The minimum atomic E-state index is -0.356. The maximum absolute atomic E-state index is 13.3. The van der Waals surface area contributed by atoms with E-state index in [9.17, 15) is 9.59 Å². The number of carbonyl (C=O) groups excluding carboxylic acids is 2. The maximum atomic E-state index is 13.3. The predicted octanol–water partition coefficient (Wildman–Crippen LogP) is 1.17. The fourth-order valence-corrected chi connectivity index (χ4v) is 3.90. The minimum Gasteiger partial charge on any atom is -0.378 e. The molecule has 8 heteroatoms. The van der Waals surface area contributed by atoms with Crippen molar-refractivity contribution in [2.45, 2.75) is 6.10 Å². The van der Waals surface area contributed by atoms with E-state index >= 15 is 0 Å². The van der Waals surface area contributed by atoms with Crippen molar-refractivity contribution in [3.05, 3.63) is 41.6 Å². The van der Waals surface area contributed by atoms with Crippen molar-refractivity contribution in [3.63, 3.8) is 0 Å². The van der Waals surface area contributed by atoms with Crippen LogP contribution in [0.15, 0.2) is 30.3 Å². The van der Waals surface area contributed by atoms with Crippen molar-refractivity contribution in [1.29, 1.82) is 0 Å². The van der Waals surface area contributed by atoms with Crippen LogP contribution in [0.2, 0.25) is 0 Å². The summed E-state index contributed by atoms with van der Waals surface area (Å²) in [4.78, 5) is 36.1. The first-order valence-electron chi connectivity index (χ1n) is 10.3. The van der Waals surface area contributed by atoms with Crippen molar-refractivity contribution < 1.29 is 19.1 Å². The number of aromatic nitrogens is 1. The monoisotopic (exact) mass is 412 g/mol. The second-order valence-corrected chi connectivity index (χ2v) is 7.95. The van der Waals surface area contributed by atoms with Crippen LogP contribution in [0.4, 0.5) is 0 Å². The lowest BCUT2D eigenvalue weighted by atomic mass is 10.0. The van der Waals surface area contributed by atoms with Gasteiger partial charge in [-0.3, -0.25) is 9.59 Å². The summed E-state index contributed by atoms with van der Waals surface area (Å²) in [6.45, 7) is 4.07. The third-order valence-corrected chi connectivity index (χ3v) is 5.47. The van der Waals surface area contributed by atoms with Crippen LogP contribution in [0.1, 0.15) is 22.2 Å². The van der Waals surface area contributed by atoms with Gasteiger partial charge in [0.05, 0.1) is 49.7 Å². The molecule has 2 aromatic rings. The van der Waals surface area contributed by atoms with E-state index < -0.39 is 0 Å². The molecule has 2 aliphatic rings. The van der Waals surface area contributed by atoms with Crippen molar-refractivity contribution in [2.24, 2.45) is 0 Å². The standard InChI is InChI=1S/C22H28N4O4/c1-24(2)15-21(27)26-9-12-30-20(14-26)19-13-17(16-5-3-4-6-18(16)23-19)22(28)25-7-10-29-11-8-25/h3-6,13,20H,7-12,14-15H2,1-2H3. The van der Waals surface area contributed by atoms with Crippen LogP contribution in [-0.4, -0.2) is 98.1 Å². The number of hydrogen-bond donors (Lipinski definition) is 0. The third kappa shape index (κ3) is 4.45. The SMILES string of the molecule is CN(C)CC(=O)N1CCOC(c2cc(C(=O)N3CCOCC3)c3ccccc3n2)C1. The molecular weight excluding hydrogens is 384 g/mol. The molecule has 0 spiro atoms. The Labute approximate surface area is 176 Å². The van der Waals surface area contributed by atoms with Gasteiger partial charge in [-0.15, -0.1) is 0 Å².